The Morgan fingerprint density at radius 1 is 1.24 bits per heavy atom. The lowest BCUT2D eigenvalue weighted by atomic mass is 10.0. The third-order valence-corrected chi connectivity index (χ3v) is 5.89. The van der Waals surface area contributed by atoms with Crippen molar-refractivity contribution in [2.24, 2.45) is 0 Å². The molecule has 1 amide bonds. The summed E-state index contributed by atoms with van der Waals surface area (Å²) in [5.74, 6) is 0.0722. The van der Waals surface area contributed by atoms with E-state index < -0.39 is 15.4 Å². The molecule has 1 saturated heterocycles. The number of nitrogens with one attached hydrogen (secondary N) is 1. The Balaban J connectivity index is 1.99. The Labute approximate surface area is 150 Å². The summed E-state index contributed by atoms with van der Waals surface area (Å²) < 4.78 is 29.9. The van der Waals surface area contributed by atoms with Gasteiger partial charge in [-0.25, -0.2) is 13.2 Å². The highest BCUT2D eigenvalue weighted by molar-refractivity contribution is 7.91. The number of benzene rings is 1. The van der Waals surface area contributed by atoms with E-state index >= 15 is 0 Å². The van der Waals surface area contributed by atoms with E-state index in [1.54, 1.807) is 30.0 Å². The fourth-order valence-corrected chi connectivity index (χ4v) is 3.82. The molecule has 0 radical (unpaired) electrons. The van der Waals surface area contributed by atoms with Crippen LogP contribution in [0, 0.1) is 0 Å². The summed E-state index contributed by atoms with van der Waals surface area (Å²) in [5.41, 5.74) is 0.139. The van der Waals surface area contributed by atoms with E-state index in [1.807, 2.05) is 26.8 Å². The Bertz CT molecular complexity index is 702. The van der Waals surface area contributed by atoms with Crippen molar-refractivity contribution in [2.45, 2.75) is 57.1 Å². The summed E-state index contributed by atoms with van der Waals surface area (Å²) in [6.45, 7) is 8.38. The van der Waals surface area contributed by atoms with Crippen molar-refractivity contribution < 1.29 is 17.9 Å². The summed E-state index contributed by atoms with van der Waals surface area (Å²) in [5, 5.41) is 3.34. The van der Waals surface area contributed by atoms with Crippen LogP contribution >= 0.6 is 0 Å². The van der Waals surface area contributed by atoms with Gasteiger partial charge in [0.25, 0.3) is 0 Å². The molecule has 1 aliphatic rings. The molecule has 140 valence electrons. The molecule has 25 heavy (non-hydrogen) atoms. The summed E-state index contributed by atoms with van der Waals surface area (Å²) in [4.78, 5) is 14.2. The number of sulfone groups is 1. The fourth-order valence-electron chi connectivity index (χ4n) is 2.77. The number of hydrogen-bond donors (Lipinski definition) is 1. The molecule has 6 nitrogen and oxygen atoms in total. The number of hydrogen-bond acceptors (Lipinski definition) is 5. The summed E-state index contributed by atoms with van der Waals surface area (Å²) in [6.07, 6.45) is 1.21. The quantitative estimate of drug-likeness (QED) is 0.882. The minimum atomic E-state index is -3.27. The van der Waals surface area contributed by atoms with Crippen LogP contribution in [0.1, 0.15) is 40.5 Å². The topological polar surface area (TPSA) is 75.7 Å². The predicted octanol–water partition coefficient (Wildman–Crippen LogP) is 3.29. The molecule has 0 bridgehead atoms. The SMILES string of the molecule is CCS(=O)(=O)c1ccccc1NC1CCN(C(=O)OC(C)(C)C)CC1. The number of carbonyl (C=O) groups excluding carboxylic acids is 1. The first-order valence-corrected chi connectivity index (χ1v) is 10.3. The molecule has 1 fully saturated rings. The maximum absolute atomic E-state index is 12.2. The first kappa shape index (κ1) is 19.6. The average molecular weight is 368 g/mol. The van der Waals surface area contributed by atoms with E-state index in [0.29, 0.717) is 23.7 Å². The first-order chi connectivity index (χ1) is 11.6. The molecule has 1 aromatic carbocycles. The van der Waals surface area contributed by atoms with Crippen LogP contribution in [0.2, 0.25) is 0 Å². The van der Waals surface area contributed by atoms with Gasteiger partial charge in [0, 0.05) is 19.1 Å². The zero-order valence-corrected chi connectivity index (χ0v) is 16.2. The van der Waals surface area contributed by atoms with Crippen molar-refractivity contribution in [1.29, 1.82) is 0 Å². The maximum Gasteiger partial charge on any atom is 0.410 e. The molecule has 0 unspecified atom stereocenters. The Morgan fingerprint density at radius 3 is 2.40 bits per heavy atom. The van der Waals surface area contributed by atoms with Crippen molar-refractivity contribution in [2.75, 3.05) is 24.2 Å². The van der Waals surface area contributed by atoms with Gasteiger partial charge in [-0.05, 0) is 45.7 Å². The van der Waals surface area contributed by atoms with E-state index in [9.17, 15) is 13.2 Å². The van der Waals surface area contributed by atoms with Gasteiger partial charge in [-0.1, -0.05) is 19.1 Å². The number of carbonyl (C=O) groups is 1. The van der Waals surface area contributed by atoms with Crippen LogP contribution in [0.3, 0.4) is 0 Å². The molecule has 1 aliphatic heterocycles. The summed E-state index contributed by atoms with van der Waals surface area (Å²) in [7, 11) is -3.27. The Morgan fingerprint density at radius 2 is 1.84 bits per heavy atom. The van der Waals surface area contributed by atoms with Gasteiger partial charge in [0.2, 0.25) is 0 Å². The minimum Gasteiger partial charge on any atom is -0.444 e. The predicted molar refractivity (Wildman–Crippen MR) is 98.6 cm³/mol. The van der Waals surface area contributed by atoms with Crippen LogP contribution in [0.15, 0.2) is 29.2 Å². The number of rotatable bonds is 4. The number of anilines is 1. The van der Waals surface area contributed by atoms with Crippen molar-refractivity contribution in [1.82, 2.24) is 4.90 Å². The lowest BCUT2D eigenvalue weighted by Gasteiger charge is -2.34. The highest BCUT2D eigenvalue weighted by Crippen LogP contribution is 2.25. The first-order valence-electron chi connectivity index (χ1n) is 8.68. The van der Waals surface area contributed by atoms with Crippen molar-refractivity contribution >= 4 is 21.6 Å². The van der Waals surface area contributed by atoms with Crippen LogP contribution < -0.4 is 5.32 Å². The molecule has 0 aromatic heterocycles. The normalized spacial score (nSPS) is 16.6. The van der Waals surface area contributed by atoms with Gasteiger partial charge < -0.3 is 15.0 Å². The second-order valence-corrected chi connectivity index (χ2v) is 9.53. The second kappa shape index (κ2) is 7.64. The molecule has 7 heteroatoms. The van der Waals surface area contributed by atoms with E-state index in [-0.39, 0.29) is 17.9 Å². The number of ether oxygens (including phenoxy) is 1. The van der Waals surface area contributed by atoms with Gasteiger partial charge in [-0.15, -0.1) is 0 Å². The smallest absolute Gasteiger partial charge is 0.410 e. The van der Waals surface area contributed by atoms with Gasteiger partial charge in [0.15, 0.2) is 9.84 Å². The number of piperidine rings is 1. The molecular formula is C18H28N2O4S. The van der Waals surface area contributed by atoms with Crippen molar-refractivity contribution in [3.63, 3.8) is 0 Å². The van der Waals surface area contributed by atoms with Crippen LogP contribution in [-0.4, -0.2) is 49.9 Å². The Kier molecular flexibility index (Phi) is 5.98. The van der Waals surface area contributed by atoms with E-state index in [0.717, 1.165) is 12.8 Å². The zero-order chi connectivity index (χ0) is 18.7. The lowest BCUT2D eigenvalue weighted by molar-refractivity contribution is 0.0210. The third-order valence-electron chi connectivity index (χ3n) is 4.11. The van der Waals surface area contributed by atoms with Gasteiger partial charge in [0.05, 0.1) is 16.3 Å². The summed E-state index contributed by atoms with van der Waals surface area (Å²) >= 11 is 0. The molecule has 1 aromatic rings. The summed E-state index contributed by atoms with van der Waals surface area (Å²) in [6, 6.07) is 7.12. The minimum absolute atomic E-state index is 0.0722. The number of amides is 1. The lowest BCUT2D eigenvalue weighted by Crippen LogP contribution is -2.44. The van der Waals surface area contributed by atoms with E-state index in [2.05, 4.69) is 5.32 Å². The van der Waals surface area contributed by atoms with E-state index in [4.69, 9.17) is 4.74 Å². The highest BCUT2D eigenvalue weighted by atomic mass is 32.2. The second-order valence-electron chi connectivity index (χ2n) is 7.29. The van der Waals surface area contributed by atoms with Gasteiger partial charge in [0.1, 0.15) is 5.60 Å². The van der Waals surface area contributed by atoms with Gasteiger partial charge >= 0.3 is 6.09 Å². The molecule has 0 saturated carbocycles. The van der Waals surface area contributed by atoms with Crippen molar-refractivity contribution in [3.8, 4) is 0 Å². The largest absolute Gasteiger partial charge is 0.444 e. The van der Waals surface area contributed by atoms with E-state index in [1.165, 1.54) is 0 Å². The van der Waals surface area contributed by atoms with Gasteiger partial charge in [-0.2, -0.15) is 0 Å². The molecule has 0 aliphatic carbocycles. The molecule has 2 rings (SSSR count). The van der Waals surface area contributed by atoms with Crippen LogP contribution in [0.5, 0.6) is 0 Å². The third kappa shape index (κ3) is 5.36. The van der Waals surface area contributed by atoms with Crippen LogP contribution in [0.25, 0.3) is 0 Å². The highest BCUT2D eigenvalue weighted by Gasteiger charge is 2.27. The molecule has 1 N–H and O–H groups in total. The molecule has 0 spiro atoms. The monoisotopic (exact) mass is 368 g/mol. The van der Waals surface area contributed by atoms with Gasteiger partial charge in [-0.3, -0.25) is 0 Å². The molecular weight excluding hydrogens is 340 g/mol. The number of nitrogens with zero attached hydrogens (tertiary/aromatic N) is 1. The standard InChI is InChI=1S/C18H28N2O4S/c1-5-25(22,23)16-9-7-6-8-15(16)19-14-10-12-20(13-11-14)17(21)24-18(2,3)4/h6-9,14,19H,5,10-13H2,1-4H3. The number of para-hydroxylation sites is 1. The van der Waals surface area contributed by atoms with Crippen LogP contribution in [-0.2, 0) is 14.6 Å². The fraction of sp³-hybridized carbons (Fsp3) is 0.611. The van der Waals surface area contributed by atoms with Crippen LogP contribution in [0.4, 0.5) is 10.5 Å². The number of likely N-dealkylation sites (tertiary alicyclic amines) is 1. The Hall–Kier alpha value is -1.76. The zero-order valence-electron chi connectivity index (χ0n) is 15.4. The maximum atomic E-state index is 12.2. The van der Waals surface area contributed by atoms with Crippen molar-refractivity contribution in [3.05, 3.63) is 24.3 Å². The average Bonchev–Trinajstić information content (AvgIpc) is 2.54. The molecule has 0 atom stereocenters. The molecule has 1 heterocycles.